The fourth-order valence-corrected chi connectivity index (χ4v) is 3.29. The number of benzene rings is 2. The molecule has 0 saturated carbocycles. The van der Waals surface area contributed by atoms with E-state index in [9.17, 15) is 13.2 Å². The number of para-hydroxylation sites is 1. The monoisotopic (exact) mass is 440 g/mol. The summed E-state index contributed by atoms with van der Waals surface area (Å²) in [7, 11) is 0. The number of likely N-dealkylation sites (tertiary alicyclic amines) is 1. The first kappa shape index (κ1) is 23.4. The summed E-state index contributed by atoms with van der Waals surface area (Å²) in [6.45, 7) is 10.6. The number of alkyl halides is 3. The average Bonchev–Trinajstić information content (AvgIpc) is 2.77. The van der Waals surface area contributed by atoms with Crippen molar-refractivity contribution < 1.29 is 17.9 Å². The Balaban J connectivity index is 0.000000193. The lowest BCUT2D eigenvalue weighted by Crippen LogP contribution is -2.43. The van der Waals surface area contributed by atoms with Crippen LogP contribution in [-0.2, 0) is 12.8 Å². The summed E-state index contributed by atoms with van der Waals surface area (Å²) in [6, 6.07) is 18.6. The average molecular weight is 441 g/mol. The molecule has 0 radical (unpaired) electrons. The lowest BCUT2D eigenvalue weighted by Gasteiger charge is -2.40. The fourth-order valence-electron chi connectivity index (χ4n) is 3.29. The predicted octanol–water partition coefficient (Wildman–Crippen LogP) is 6.60. The van der Waals surface area contributed by atoms with Gasteiger partial charge >= 0.3 is 6.18 Å². The molecule has 1 aliphatic heterocycles. The molecular weight excluding hydrogens is 413 g/mol. The lowest BCUT2D eigenvalue weighted by molar-refractivity contribution is -0.139. The summed E-state index contributed by atoms with van der Waals surface area (Å²) in [6.07, 6.45) is -2.59. The zero-order valence-electron chi connectivity index (χ0n) is 18.3. The SMILES string of the molecule is C=C(c1ccccn1)N1CC(C)C1.Cc1ccc(COc2ccccc2C(F)(F)F)cc1. The van der Waals surface area contributed by atoms with Gasteiger partial charge in [-0.1, -0.05) is 61.5 Å². The maximum atomic E-state index is 12.7. The molecule has 1 aromatic heterocycles. The third kappa shape index (κ3) is 6.36. The summed E-state index contributed by atoms with van der Waals surface area (Å²) in [5.41, 5.74) is 3.23. The number of nitrogens with zero attached hydrogens (tertiary/aromatic N) is 2. The van der Waals surface area contributed by atoms with E-state index >= 15 is 0 Å². The van der Waals surface area contributed by atoms with E-state index < -0.39 is 11.7 Å². The van der Waals surface area contributed by atoms with Crippen LogP contribution in [0.2, 0.25) is 0 Å². The number of aromatic nitrogens is 1. The van der Waals surface area contributed by atoms with Gasteiger partial charge in [0.1, 0.15) is 12.4 Å². The van der Waals surface area contributed by atoms with Crippen molar-refractivity contribution in [2.75, 3.05) is 13.1 Å². The van der Waals surface area contributed by atoms with Gasteiger partial charge in [-0.05, 0) is 42.7 Å². The Morgan fingerprint density at radius 2 is 1.69 bits per heavy atom. The first-order valence-electron chi connectivity index (χ1n) is 10.4. The molecule has 0 N–H and O–H groups in total. The Morgan fingerprint density at radius 3 is 2.28 bits per heavy atom. The van der Waals surface area contributed by atoms with Crippen molar-refractivity contribution in [2.45, 2.75) is 26.6 Å². The highest BCUT2D eigenvalue weighted by atomic mass is 19.4. The quantitative estimate of drug-likeness (QED) is 0.447. The highest BCUT2D eigenvalue weighted by molar-refractivity contribution is 5.58. The summed E-state index contributed by atoms with van der Waals surface area (Å²) in [5, 5.41) is 0. The summed E-state index contributed by atoms with van der Waals surface area (Å²) in [4.78, 5) is 6.54. The highest BCUT2D eigenvalue weighted by Crippen LogP contribution is 2.36. The second kappa shape index (κ2) is 10.4. The van der Waals surface area contributed by atoms with Crippen molar-refractivity contribution in [1.29, 1.82) is 0 Å². The minimum Gasteiger partial charge on any atom is -0.488 e. The summed E-state index contributed by atoms with van der Waals surface area (Å²) < 4.78 is 43.5. The molecule has 0 spiro atoms. The normalized spacial score (nSPS) is 13.6. The molecule has 1 fully saturated rings. The predicted molar refractivity (Wildman–Crippen MR) is 121 cm³/mol. The molecule has 0 bridgehead atoms. The van der Waals surface area contributed by atoms with Crippen LogP contribution in [0, 0.1) is 12.8 Å². The maximum Gasteiger partial charge on any atom is 0.419 e. The van der Waals surface area contributed by atoms with Crippen molar-refractivity contribution in [3.05, 3.63) is 102 Å². The number of aryl methyl sites for hydroxylation is 1. The van der Waals surface area contributed by atoms with Crippen LogP contribution in [0.4, 0.5) is 13.2 Å². The van der Waals surface area contributed by atoms with Crippen molar-refractivity contribution in [3.63, 3.8) is 0 Å². The molecule has 2 heterocycles. The van der Waals surface area contributed by atoms with Gasteiger partial charge < -0.3 is 9.64 Å². The molecule has 32 heavy (non-hydrogen) atoms. The molecule has 0 aliphatic carbocycles. The van der Waals surface area contributed by atoms with E-state index in [-0.39, 0.29) is 12.4 Å². The highest BCUT2D eigenvalue weighted by Gasteiger charge is 2.34. The zero-order chi connectivity index (χ0) is 23.1. The smallest absolute Gasteiger partial charge is 0.419 e. The van der Waals surface area contributed by atoms with Crippen LogP contribution in [0.5, 0.6) is 5.75 Å². The van der Waals surface area contributed by atoms with Crippen LogP contribution >= 0.6 is 0 Å². The number of hydrogen-bond donors (Lipinski definition) is 0. The van der Waals surface area contributed by atoms with Crippen molar-refractivity contribution in [2.24, 2.45) is 5.92 Å². The molecular formula is C26H27F3N2O. The minimum atomic E-state index is -4.40. The Bertz CT molecular complexity index is 1010. The third-order valence-corrected chi connectivity index (χ3v) is 5.11. The van der Waals surface area contributed by atoms with Crippen molar-refractivity contribution in [3.8, 4) is 5.75 Å². The van der Waals surface area contributed by atoms with E-state index in [4.69, 9.17) is 4.74 Å². The Kier molecular flexibility index (Phi) is 7.57. The first-order valence-corrected chi connectivity index (χ1v) is 10.4. The number of pyridine rings is 1. The first-order chi connectivity index (χ1) is 15.2. The minimum absolute atomic E-state index is 0.118. The van der Waals surface area contributed by atoms with Crippen LogP contribution in [0.1, 0.15) is 29.3 Å². The zero-order valence-corrected chi connectivity index (χ0v) is 18.3. The summed E-state index contributed by atoms with van der Waals surface area (Å²) >= 11 is 0. The Hall–Kier alpha value is -3.28. The molecule has 0 amide bonds. The van der Waals surface area contributed by atoms with Gasteiger partial charge in [0.2, 0.25) is 0 Å². The van der Waals surface area contributed by atoms with Gasteiger partial charge in [0, 0.05) is 19.3 Å². The van der Waals surface area contributed by atoms with Crippen molar-refractivity contribution >= 4 is 5.70 Å². The van der Waals surface area contributed by atoms with Gasteiger partial charge in [0.25, 0.3) is 0 Å². The molecule has 3 nitrogen and oxygen atoms in total. The molecule has 168 valence electrons. The molecule has 3 aromatic rings. The van der Waals surface area contributed by atoms with Crippen LogP contribution < -0.4 is 4.74 Å². The van der Waals surface area contributed by atoms with E-state index in [0.29, 0.717) is 0 Å². The number of rotatable bonds is 5. The van der Waals surface area contributed by atoms with Gasteiger partial charge in [0.15, 0.2) is 0 Å². The molecule has 2 aromatic carbocycles. The van der Waals surface area contributed by atoms with Crippen LogP contribution in [-0.4, -0.2) is 23.0 Å². The molecule has 1 saturated heterocycles. The van der Waals surface area contributed by atoms with Crippen LogP contribution in [0.3, 0.4) is 0 Å². The summed E-state index contributed by atoms with van der Waals surface area (Å²) in [5.74, 6) is 0.663. The van der Waals surface area contributed by atoms with Gasteiger partial charge in [-0.15, -0.1) is 0 Å². The van der Waals surface area contributed by atoms with Gasteiger partial charge in [0.05, 0.1) is 17.0 Å². The molecule has 6 heteroatoms. The third-order valence-electron chi connectivity index (χ3n) is 5.11. The topological polar surface area (TPSA) is 25.4 Å². The van der Waals surface area contributed by atoms with E-state index in [0.717, 1.165) is 47.6 Å². The molecule has 1 aliphatic rings. The van der Waals surface area contributed by atoms with E-state index in [1.165, 1.54) is 18.2 Å². The van der Waals surface area contributed by atoms with Gasteiger partial charge in [-0.2, -0.15) is 13.2 Å². The second-order valence-corrected chi connectivity index (χ2v) is 7.94. The number of halogens is 3. The van der Waals surface area contributed by atoms with E-state index in [2.05, 4.69) is 23.4 Å². The Labute approximate surface area is 187 Å². The van der Waals surface area contributed by atoms with Gasteiger partial charge in [-0.3, -0.25) is 4.98 Å². The lowest BCUT2D eigenvalue weighted by atomic mass is 10.0. The molecule has 0 unspecified atom stereocenters. The largest absolute Gasteiger partial charge is 0.488 e. The van der Waals surface area contributed by atoms with E-state index in [1.807, 2.05) is 55.6 Å². The maximum absolute atomic E-state index is 12.7. The molecule has 4 rings (SSSR count). The number of ether oxygens (including phenoxy) is 1. The van der Waals surface area contributed by atoms with Crippen molar-refractivity contribution in [1.82, 2.24) is 9.88 Å². The molecule has 0 atom stereocenters. The fraction of sp³-hybridized carbons (Fsp3) is 0.269. The second-order valence-electron chi connectivity index (χ2n) is 7.94. The van der Waals surface area contributed by atoms with Gasteiger partial charge in [-0.25, -0.2) is 0 Å². The van der Waals surface area contributed by atoms with Crippen LogP contribution in [0.25, 0.3) is 5.70 Å². The standard InChI is InChI=1S/C15H13F3O.C11H14N2/c1-11-6-8-12(9-7-11)10-19-14-5-3-2-4-13(14)15(16,17)18;1-9-7-13(8-9)10(2)11-5-3-4-6-12-11/h2-9H,10H2,1H3;3-6,9H,2,7-8H2,1H3. The van der Waals surface area contributed by atoms with Crippen LogP contribution in [0.15, 0.2) is 79.5 Å². The number of hydrogen-bond acceptors (Lipinski definition) is 3. The Morgan fingerprint density at radius 1 is 1.03 bits per heavy atom. The van der Waals surface area contributed by atoms with E-state index in [1.54, 1.807) is 0 Å².